The predicted octanol–water partition coefficient (Wildman–Crippen LogP) is 4.31. The summed E-state index contributed by atoms with van der Waals surface area (Å²) in [5, 5.41) is 2.48. The van der Waals surface area contributed by atoms with Crippen LogP contribution in [0.4, 0.5) is 0 Å². The Morgan fingerprint density at radius 3 is 0.776 bits per heavy atom. The molecule has 0 nitrogen and oxygen atoms in total. The molecule has 0 aromatic heterocycles. The van der Waals surface area contributed by atoms with Crippen molar-refractivity contribution in [2.24, 2.45) is 0 Å². The van der Waals surface area contributed by atoms with E-state index >= 15 is 0 Å². The van der Waals surface area contributed by atoms with Gasteiger partial charge in [-0.3, -0.25) is 0 Å². The van der Waals surface area contributed by atoms with Crippen molar-refractivity contribution in [2.75, 3.05) is 0 Å². The molecule has 58 heavy (non-hydrogen) atoms. The molecule has 3 aromatic rings. The van der Waals surface area contributed by atoms with Crippen molar-refractivity contribution in [2.45, 2.75) is 6.92 Å². The number of hydrogen-bond donors (Lipinski definition) is 0. The number of hydrogen-bond acceptors (Lipinski definition) is 0. The van der Waals surface area contributed by atoms with Crippen LogP contribution in [0.1, 0.15) is 5.56 Å². The molecule has 0 N–H and O–H groups in total. The van der Waals surface area contributed by atoms with E-state index in [2.05, 4.69) is 61.5 Å². The molecule has 3 rings (SSSR count). The molecule has 0 bridgehead atoms. The molecule has 0 aliphatic heterocycles. The molecule has 0 aliphatic rings. The van der Waals surface area contributed by atoms with Crippen LogP contribution in [-0.4, -0.2) is 0 Å². The fraction of sp³-hybridized carbons (Fsp3) is 0.0588. The first-order valence-corrected chi connectivity index (χ1v) is 5.73. The van der Waals surface area contributed by atoms with E-state index in [9.17, 15) is 0 Å². The molecule has 0 spiro atoms. The maximum atomic E-state index is 3.32. The van der Waals surface area contributed by atoms with Crippen LogP contribution in [0, 0.1) is 19.1 Å². The van der Waals surface area contributed by atoms with E-state index in [-0.39, 0.29) is 1340 Å². The first-order valence-electron chi connectivity index (χ1n) is 5.73. The van der Waals surface area contributed by atoms with E-state index in [0.717, 1.165) is 11.1 Å². The zero-order valence-corrected chi connectivity index (χ0v) is 150. The SMILES string of the molecule is Cc1cc[c-]c(-c2[c-]ccc3ccccc23)c1.[Y].[Y].[Y].[Y].[Y].[Y].[Y].[Y].[Y].[Y].[Y].[Y].[Y].[Y].[Y].[Y].[Y].[Y].[Y].[Y].[Y].[Y].[Y].[Y].[Y].[Y].[Y].[Y].[Y].[Y].[Y].[Y].[Y].[Y].[Y].[Y].[Y].[Y].[Y].[Y].[Y]. The number of aryl methyl sites for hydroxylation is 1. The van der Waals surface area contributed by atoms with Gasteiger partial charge in [0, 0.05) is 1340 Å². The molecule has 0 atom stereocenters. The molecule has 0 heterocycles. The third-order valence-electron chi connectivity index (χ3n) is 2.95. The van der Waals surface area contributed by atoms with E-state index in [4.69, 9.17) is 0 Å². The average molecular weight is 3860 g/mol. The molecule has 205 valence electrons. The fourth-order valence-corrected chi connectivity index (χ4v) is 2.11. The number of benzene rings is 3. The molecule has 0 amide bonds. The summed E-state index contributed by atoms with van der Waals surface area (Å²) in [6.07, 6.45) is 0. The summed E-state index contributed by atoms with van der Waals surface area (Å²) in [7, 11) is 0. The van der Waals surface area contributed by atoms with Gasteiger partial charge >= 0.3 is 0 Å². The summed E-state index contributed by atoms with van der Waals surface area (Å²) in [4.78, 5) is 0. The van der Waals surface area contributed by atoms with Crippen LogP contribution in [0.15, 0.2) is 54.6 Å². The maximum Gasteiger partial charge on any atom is 0 e. The van der Waals surface area contributed by atoms with E-state index in [1.807, 2.05) is 12.1 Å². The summed E-state index contributed by atoms with van der Waals surface area (Å²) < 4.78 is 0. The molecular weight excluding hydrogens is 3850 g/mol. The molecule has 0 aliphatic carbocycles. The van der Waals surface area contributed by atoms with Crippen molar-refractivity contribution in [1.29, 1.82) is 0 Å². The van der Waals surface area contributed by atoms with Crippen LogP contribution in [0.3, 0.4) is 0 Å². The quantitative estimate of drug-likeness (QED) is 0.320. The summed E-state index contributed by atoms with van der Waals surface area (Å²) in [5.74, 6) is 0. The topological polar surface area (TPSA) is 0 Å². The molecular formula is C17H12Y41-2. The van der Waals surface area contributed by atoms with Crippen LogP contribution in [0.25, 0.3) is 21.9 Å². The van der Waals surface area contributed by atoms with Gasteiger partial charge in [0.1, 0.15) is 0 Å². The summed E-state index contributed by atoms with van der Waals surface area (Å²) in [6, 6.07) is 25.3. The standard InChI is InChI=1S/C17H12.41Y/c1-13-6-4-9-15(12-13)17-11-5-8-14-7-2-3-10-16(14)17;;;;;;;;;;;;;;;;;;;;;;;;;;;;;;;;;;;;;;;;;/h2-8,10,12H,1H3;;;;;;;;;;;;;;;;;;;;;;;;;;;;;;;;;;;;;;;;;/q-2;;;;;;;;;;;;;;;;;;;;;;;;;;;;;;;;;;;;;;;;;. The Morgan fingerprint density at radius 1 is 0.276 bits per heavy atom. The van der Waals surface area contributed by atoms with Gasteiger partial charge in [0.2, 0.25) is 0 Å². The number of fused-ring (bicyclic) bond motifs is 1. The average Bonchev–Trinajstić information content (AvgIpc) is 2.38. The van der Waals surface area contributed by atoms with E-state index in [1.165, 1.54) is 16.3 Å². The predicted molar refractivity (Wildman–Crippen MR) is 71.8 cm³/mol. The van der Waals surface area contributed by atoms with Gasteiger partial charge in [0.25, 0.3) is 0 Å². The third-order valence-corrected chi connectivity index (χ3v) is 2.95. The summed E-state index contributed by atoms with van der Waals surface area (Å²) in [6.45, 7) is 2.10. The Balaban J connectivity index is -0.00000000238. The monoisotopic (exact) mass is 3860 g/mol. The molecule has 41 heteroatoms. The minimum atomic E-state index is 0. The van der Waals surface area contributed by atoms with Crippen molar-refractivity contribution in [3.05, 3.63) is 72.3 Å². The van der Waals surface area contributed by atoms with Crippen LogP contribution >= 0.6 is 0 Å². The normalized spacial score (nSPS) is 3.12. The Bertz CT molecular complexity index is 711. The van der Waals surface area contributed by atoms with Gasteiger partial charge in [-0.25, -0.2) is 11.1 Å². The van der Waals surface area contributed by atoms with Gasteiger partial charge in [-0.2, -0.15) is 30.3 Å². The summed E-state index contributed by atoms with van der Waals surface area (Å²) in [5.41, 5.74) is 3.49. The van der Waals surface area contributed by atoms with Crippen molar-refractivity contribution >= 4 is 10.8 Å². The van der Waals surface area contributed by atoms with Crippen LogP contribution < -0.4 is 0 Å². The van der Waals surface area contributed by atoms with Gasteiger partial charge in [0.15, 0.2) is 0 Å². The van der Waals surface area contributed by atoms with E-state index in [0.29, 0.717) is 0 Å². The van der Waals surface area contributed by atoms with Crippen molar-refractivity contribution in [3.63, 3.8) is 0 Å². The van der Waals surface area contributed by atoms with Crippen molar-refractivity contribution in [1.82, 2.24) is 0 Å². The van der Waals surface area contributed by atoms with Gasteiger partial charge < -0.3 is 0 Å². The minimum Gasteiger partial charge on any atom is -0.225 e. The van der Waals surface area contributed by atoms with E-state index < -0.39 is 0 Å². The van der Waals surface area contributed by atoms with Gasteiger partial charge in [0.05, 0.1) is 0 Å². The fourth-order valence-electron chi connectivity index (χ4n) is 2.11. The number of rotatable bonds is 1. The Kier molecular flexibility index (Phi) is 932. The Morgan fingerprint density at radius 2 is 0.517 bits per heavy atom. The smallest absolute Gasteiger partial charge is 0 e. The van der Waals surface area contributed by atoms with Gasteiger partial charge in [-0.05, 0) is 0 Å². The molecule has 3 aromatic carbocycles. The zero-order chi connectivity index (χ0) is 11.7. The first-order chi connectivity index (χ1) is 8.34. The molecule has 0 saturated heterocycles. The van der Waals surface area contributed by atoms with Crippen LogP contribution in [-0.2, 0) is 1340 Å². The summed E-state index contributed by atoms with van der Waals surface area (Å²) >= 11 is 0. The minimum absolute atomic E-state index is 0. The van der Waals surface area contributed by atoms with Crippen molar-refractivity contribution < 1.29 is 1340 Å². The van der Waals surface area contributed by atoms with Crippen molar-refractivity contribution in [3.8, 4) is 11.1 Å². The van der Waals surface area contributed by atoms with Gasteiger partial charge in [-0.1, -0.05) is 25.1 Å². The first kappa shape index (κ1) is 263. The van der Waals surface area contributed by atoms with E-state index in [1.54, 1.807) is 0 Å². The zero-order valence-electron chi connectivity index (χ0n) is 33.4. The molecule has 0 unspecified atom stereocenters. The molecule has 0 saturated carbocycles. The maximum absolute atomic E-state index is 3.32. The Labute approximate surface area is 1390 Å². The van der Waals surface area contributed by atoms with Crippen LogP contribution in [0.5, 0.6) is 0 Å². The van der Waals surface area contributed by atoms with Gasteiger partial charge in [-0.15, -0.1) is 34.5 Å². The Hall–Kier alpha value is 43.2. The van der Waals surface area contributed by atoms with Crippen LogP contribution in [0.2, 0.25) is 0 Å². The third kappa shape index (κ3) is 156. The second-order valence-electron chi connectivity index (χ2n) is 4.22. The largest absolute Gasteiger partial charge is 0.225 e. The molecule has 41 radical (unpaired) electrons. The second-order valence-corrected chi connectivity index (χ2v) is 4.22. The molecule has 0 fully saturated rings. The second kappa shape index (κ2) is 206.